The molecule has 1 aromatic heterocycles. The summed E-state index contributed by atoms with van der Waals surface area (Å²) in [6.45, 7) is 6.47. The summed E-state index contributed by atoms with van der Waals surface area (Å²) in [6, 6.07) is 14.4. The van der Waals surface area contributed by atoms with Crippen LogP contribution in [0, 0.1) is 0 Å². The highest BCUT2D eigenvalue weighted by molar-refractivity contribution is 7.09. The molecule has 2 heterocycles. The lowest BCUT2D eigenvalue weighted by Gasteiger charge is -2.35. The van der Waals surface area contributed by atoms with E-state index >= 15 is 0 Å². The molecule has 3 rings (SSSR count). The third-order valence-electron chi connectivity index (χ3n) is 4.26. The number of urea groups is 1. The first-order valence-electron chi connectivity index (χ1n) is 8.07. The number of carbonyl (C=O) groups is 1. The molecule has 4 nitrogen and oxygen atoms in total. The number of benzene rings is 1. The molecule has 0 radical (unpaired) electrons. The minimum Gasteiger partial charge on any atom is -0.331 e. The highest BCUT2D eigenvalue weighted by atomic mass is 32.1. The maximum absolute atomic E-state index is 12.4. The number of rotatable bonds is 4. The highest BCUT2D eigenvalue weighted by Gasteiger charge is 2.22. The van der Waals surface area contributed by atoms with Gasteiger partial charge in [-0.2, -0.15) is 0 Å². The molecule has 1 aromatic carbocycles. The van der Waals surface area contributed by atoms with Crippen LogP contribution in [0.1, 0.15) is 23.4 Å². The minimum absolute atomic E-state index is 0.0350. The van der Waals surface area contributed by atoms with Gasteiger partial charge >= 0.3 is 6.03 Å². The second-order valence-corrected chi connectivity index (χ2v) is 6.96. The molecule has 2 aromatic rings. The Kier molecular flexibility index (Phi) is 5.31. The van der Waals surface area contributed by atoms with Crippen molar-refractivity contribution in [3.8, 4) is 0 Å². The average molecular weight is 329 g/mol. The maximum Gasteiger partial charge on any atom is 0.317 e. The zero-order chi connectivity index (χ0) is 16.1. The number of hydrogen-bond acceptors (Lipinski definition) is 3. The van der Waals surface area contributed by atoms with Gasteiger partial charge in [0.25, 0.3) is 0 Å². The van der Waals surface area contributed by atoms with Crippen molar-refractivity contribution < 1.29 is 4.79 Å². The molecular formula is C18H23N3OS. The van der Waals surface area contributed by atoms with Gasteiger partial charge in [-0.15, -0.1) is 11.3 Å². The first kappa shape index (κ1) is 16.0. The molecule has 122 valence electrons. The fourth-order valence-electron chi connectivity index (χ4n) is 2.83. The molecule has 1 fully saturated rings. The second-order valence-electron chi connectivity index (χ2n) is 5.92. The van der Waals surface area contributed by atoms with Crippen molar-refractivity contribution in [2.75, 3.05) is 26.2 Å². The third-order valence-corrected chi connectivity index (χ3v) is 5.12. The van der Waals surface area contributed by atoms with Crippen LogP contribution in [0.15, 0.2) is 47.8 Å². The van der Waals surface area contributed by atoms with E-state index in [1.807, 2.05) is 42.2 Å². The summed E-state index contributed by atoms with van der Waals surface area (Å²) < 4.78 is 0. The third kappa shape index (κ3) is 4.33. The van der Waals surface area contributed by atoms with Gasteiger partial charge in [0.2, 0.25) is 0 Å². The highest BCUT2D eigenvalue weighted by Crippen LogP contribution is 2.15. The van der Waals surface area contributed by atoms with E-state index < -0.39 is 0 Å². The van der Waals surface area contributed by atoms with E-state index in [0.29, 0.717) is 0 Å². The van der Waals surface area contributed by atoms with Crippen LogP contribution in [-0.2, 0) is 6.54 Å². The van der Waals surface area contributed by atoms with Gasteiger partial charge in [0.05, 0.1) is 6.04 Å². The SMILES string of the molecule is CC(NC(=O)N1CCN(Cc2cccs2)CC1)c1ccccc1. The summed E-state index contributed by atoms with van der Waals surface area (Å²) in [6.07, 6.45) is 0. The van der Waals surface area contributed by atoms with E-state index in [9.17, 15) is 4.79 Å². The molecule has 0 aliphatic carbocycles. The van der Waals surface area contributed by atoms with E-state index in [2.05, 4.69) is 27.7 Å². The van der Waals surface area contributed by atoms with E-state index in [0.717, 1.165) is 38.3 Å². The van der Waals surface area contributed by atoms with Gasteiger partial charge in [0.1, 0.15) is 0 Å². The number of nitrogens with one attached hydrogen (secondary N) is 1. The molecule has 5 heteroatoms. The van der Waals surface area contributed by atoms with Crippen molar-refractivity contribution in [1.82, 2.24) is 15.1 Å². The molecule has 1 aliphatic heterocycles. The fourth-order valence-corrected chi connectivity index (χ4v) is 3.58. The smallest absolute Gasteiger partial charge is 0.317 e. The van der Waals surface area contributed by atoms with Crippen molar-refractivity contribution in [3.05, 3.63) is 58.3 Å². The van der Waals surface area contributed by atoms with Gasteiger partial charge in [-0.05, 0) is 23.9 Å². The summed E-state index contributed by atoms with van der Waals surface area (Å²) in [7, 11) is 0. The van der Waals surface area contributed by atoms with Crippen molar-refractivity contribution in [2.45, 2.75) is 19.5 Å². The van der Waals surface area contributed by atoms with Crippen LogP contribution in [0.2, 0.25) is 0 Å². The van der Waals surface area contributed by atoms with Crippen molar-refractivity contribution >= 4 is 17.4 Å². The molecule has 1 unspecified atom stereocenters. The zero-order valence-electron chi connectivity index (χ0n) is 13.4. The Morgan fingerprint density at radius 2 is 1.87 bits per heavy atom. The molecule has 1 N–H and O–H groups in total. The molecule has 0 saturated carbocycles. The van der Waals surface area contributed by atoms with E-state index in [4.69, 9.17) is 0 Å². The van der Waals surface area contributed by atoms with Gasteiger partial charge in [-0.25, -0.2) is 4.79 Å². The Hall–Kier alpha value is -1.85. The molecule has 1 saturated heterocycles. The minimum atomic E-state index is 0.0350. The van der Waals surface area contributed by atoms with Gasteiger partial charge in [-0.1, -0.05) is 36.4 Å². The number of piperazine rings is 1. The van der Waals surface area contributed by atoms with E-state index in [-0.39, 0.29) is 12.1 Å². The number of carbonyl (C=O) groups excluding carboxylic acids is 1. The zero-order valence-corrected chi connectivity index (χ0v) is 14.3. The number of thiophene rings is 1. The normalized spacial score (nSPS) is 17.0. The molecule has 0 bridgehead atoms. The Balaban J connectivity index is 1.46. The number of nitrogens with zero attached hydrogens (tertiary/aromatic N) is 2. The largest absolute Gasteiger partial charge is 0.331 e. The predicted octanol–water partition coefficient (Wildman–Crippen LogP) is 3.34. The maximum atomic E-state index is 12.4. The molecule has 2 amide bonds. The van der Waals surface area contributed by atoms with Crippen LogP contribution in [0.5, 0.6) is 0 Å². The lowest BCUT2D eigenvalue weighted by Crippen LogP contribution is -2.51. The Bertz CT molecular complexity index is 606. The number of hydrogen-bond donors (Lipinski definition) is 1. The van der Waals surface area contributed by atoms with E-state index in [1.54, 1.807) is 11.3 Å². The summed E-state index contributed by atoms with van der Waals surface area (Å²) in [5, 5.41) is 5.21. The van der Waals surface area contributed by atoms with Crippen LogP contribution >= 0.6 is 11.3 Å². The number of amides is 2. The quantitative estimate of drug-likeness (QED) is 0.934. The van der Waals surface area contributed by atoms with E-state index in [1.165, 1.54) is 4.88 Å². The first-order chi connectivity index (χ1) is 11.2. The lowest BCUT2D eigenvalue weighted by molar-refractivity contribution is 0.134. The average Bonchev–Trinajstić information content (AvgIpc) is 3.09. The molecular weight excluding hydrogens is 306 g/mol. The summed E-state index contributed by atoms with van der Waals surface area (Å²) in [4.78, 5) is 18.1. The summed E-state index contributed by atoms with van der Waals surface area (Å²) >= 11 is 1.80. The second kappa shape index (κ2) is 7.62. The van der Waals surface area contributed by atoms with Crippen LogP contribution in [0.4, 0.5) is 4.79 Å². The molecule has 23 heavy (non-hydrogen) atoms. The Morgan fingerprint density at radius 3 is 2.52 bits per heavy atom. The van der Waals surface area contributed by atoms with Crippen molar-refractivity contribution in [2.24, 2.45) is 0 Å². The Morgan fingerprint density at radius 1 is 1.13 bits per heavy atom. The summed E-state index contributed by atoms with van der Waals surface area (Å²) in [5.41, 5.74) is 1.14. The standard InChI is InChI=1S/C18H23N3OS/c1-15(16-6-3-2-4-7-16)19-18(22)21-11-9-20(10-12-21)14-17-8-5-13-23-17/h2-8,13,15H,9-12,14H2,1H3,(H,19,22). The monoisotopic (exact) mass is 329 g/mol. The van der Waals surface area contributed by atoms with Gasteiger partial charge in [0, 0.05) is 37.6 Å². The Labute approximate surface area is 141 Å². The van der Waals surface area contributed by atoms with Gasteiger partial charge in [-0.3, -0.25) is 4.90 Å². The van der Waals surface area contributed by atoms with Gasteiger partial charge in [0.15, 0.2) is 0 Å². The fraction of sp³-hybridized carbons (Fsp3) is 0.389. The van der Waals surface area contributed by atoms with Crippen LogP contribution in [0.25, 0.3) is 0 Å². The predicted molar refractivity (Wildman–Crippen MR) is 94.6 cm³/mol. The molecule has 1 atom stereocenters. The molecule has 1 aliphatic rings. The van der Waals surface area contributed by atoms with Gasteiger partial charge < -0.3 is 10.2 Å². The lowest BCUT2D eigenvalue weighted by atomic mass is 10.1. The first-order valence-corrected chi connectivity index (χ1v) is 8.95. The summed E-state index contributed by atoms with van der Waals surface area (Å²) in [5.74, 6) is 0. The molecule has 0 spiro atoms. The van der Waals surface area contributed by atoms with Crippen LogP contribution < -0.4 is 5.32 Å². The topological polar surface area (TPSA) is 35.6 Å². The van der Waals surface area contributed by atoms with Crippen LogP contribution in [0.3, 0.4) is 0 Å². The van der Waals surface area contributed by atoms with Crippen LogP contribution in [-0.4, -0.2) is 42.0 Å². The van der Waals surface area contributed by atoms with Crippen molar-refractivity contribution in [1.29, 1.82) is 0 Å². The van der Waals surface area contributed by atoms with Crippen molar-refractivity contribution in [3.63, 3.8) is 0 Å².